The lowest BCUT2D eigenvalue weighted by molar-refractivity contribution is -0.148. The highest BCUT2D eigenvalue weighted by molar-refractivity contribution is 6.99. The Balaban J connectivity index is 2.60. The monoisotopic (exact) mass is 444 g/mol. The number of hydrogen-bond donors (Lipinski definition) is 0. The summed E-state index contributed by atoms with van der Waals surface area (Å²) in [5.74, 6) is -0.281. The van der Waals surface area contributed by atoms with Crippen molar-refractivity contribution < 1.29 is 23.4 Å². The number of benzene rings is 2. The number of carbonyl (C=O) groups is 1. The molecule has 2 aromatic carbocycles. The number of carbonyl (C=O) groups excluding carboxylic acids is 1. The summed E-state index contributed by atoms with van der Waals surface area (Å²) in [6.45, 7) is 8.78. The second kappa shape index (κ2) is 11.6. The van der Waals surface area contributed by atoms with Gasteiger partial charge in [0.05, 0.1) is 19.1 Å². The van der Waals surface area contributed by atoms with Crippen molar-refractivity contribution in [2.45, 2.75) is 58.0 Å². The van der Waals surface area contributed by atoms with E-state index in [1.54, 1.807) is 14.2 Å². The highest BCUT2D eigenvalue weighted by Crippen LogP contribution is 2.38. The lowest BCUT2D eigenvalue weighted by Gasteiger charge is -2.45. The zero-order valence-electron chi connectivity index (χ0n) is 19.6. The van der Waals surface area contributed by atoms with E-state index < -0.39 is 20.7 Å². The van der Waals surface area contributed by atoms with Gasteiger partial charge in [-0.3, -0.25) is 4.79 Å². The van der Waals surface area contributed by atoms with Gasteiger partial charge in [0.25, 0.3) is 8.32 Å². The molecule has 5 nitrogen and oxygen atoms in total. The van der Waals surface area contributed by atoms with Crippen LogP contribution in [0, 0.1) is 0 Å². The molecule has 1 atom stereocenters. The largest absolute Gasteiger partial charge is 0.466 e. The van der Waals surface area contributed by atoms with Crippen LogP contribution in [0.4, 0.5) is 0 Å². The molecule has 0 saturated heterocycles. The van der Waals surface area contributed by atoms with Crippen LogP contribution in [0.15, 0.2) is 60.7 Å². The van der Waals surface area contributed by atoms with Crippen molar-refractivity contribution in [1.29, 1.82) is 0 Å². The summed E-state index contributed by atoms with van der Waals surface area (Å²) >= 11 is 0. The first-order chi connectivity index (χ1) is 14.8. The molecule has 2 aromatic rings. The van der Waals surface area contributed by atoms with Gasteiger partial charge in [-0.05, 0) is 22.3 Å². The Hall–Kier alpha value is -1.99. The molecule has 0 aliphatic heterocycles. The molecule has 0 aliphatic rings. The van der Waals surface area contributed by atoms with Crippen LogP contribution in [-0.2, 0) is 23.4 Å². The number of methoxy groups -OCH3 is 2. The van der Waals surface area contributed by atoms with E-state index in [1.165, 1.54) is 0 Å². The van der Waals surface area contributed by atoms with E-state index in [-0.39, 0.29) is 17.4 Å². The molecular weight excluding hydrogens is 408 g/mol. The number of ether oxygens (including phenoxy) is 3. The van der Waals surface area contributed by atoms with Crippen LogP contribution in [-0.4, -0.2) is 47.5 Å². The summed E-state index contributed by atoms with van der Waals surface area (Å²) in [4.78, 5) is 12.5. The second-order valence-electron chi connectivity index (χ2n) is 8.55. The third-order valence-electron chi connectivity index (χ3n) is 5.44. The topological polar surface area (TPSA) is 54.0 Å². The van der Waals surface area contributed by atoms with E-state index in [1.807, 2.05) is 43.3 Å². The van der Waals surface area contributed by atoms with E-state index in [0.29, 0.717) is 13.0 Å². The first-order valence-corrected chi connectivity index (χ1v) is 12.7. The van der Waals surface area contributed by atoms with Gasteiger partial charge in [0, 0.05) is 20.6 Å². The molecule has 0 amide bonds. The van der Waals surface area contributed by atoms with Crippen molar-refractivity contribution in [2.24, 2.45) is 0 Å². The Labute approximate surface area is 187 Å². The van der Waals surface area contributed by atoms with Gasteiger partial charge >= 0.3 is 5.97 Å². The maximum absolute atomic E-state index is 12.5. The Morgan fingerprint density at radius 2 is 1.39 bits per heavy atom. The molecule has 0 radical (unpaired) electrons. The van der Waals surface area contributed by atoms with E-state index in [2.05, 4.69) is 45.0 Å². The minimum absolute atomic E-state index is 0.140. The molecule has 6 heteroatoms. The van der Waals surface area contributed by atoms with Gasteiger partial charge in [-0.25, -0.2) is 0 Å². The fourth-order valence-corrected chi connectivity index (χ4v) is 8.72. The van der Waals surface area contributed by atoms with Crippen LogP contribution in [0.25, 0.3) is 0 Å². The Bertz CT molecular complexity index is 745. The van der Waals surface area contributed by atoms with Crippen LogP contribution < -0.4 is 10.4 Å². The molecule has 1 unspecified atom stereocenters. The first kappa shape index (κ1) is 25.3. The van der Waals surface area contributed by atoms with Crippen molar-refractivity contribution in [3.05, 3.63) is 60.7 Å². The molecule has 2 rings (SSSR count). The summed E-state index contributed by atoms with van der Waals surface area (Å²) in [6.07, 6.45) is -0.328. The van der Waals surface area contributed by atoms with E-state index in [4.69, 9.17) is 18.6 Å². The number of rotatable bonds is 11. The van der Waals surface area contributed by atoms with Crippen LogP contribution in [0.3, 0.4) is 0 Å². The molecule has 31 heavy (non-hydrogen) atoms. The zero-order chi connectivity index (χ0) is 22.9. The average molecular weight is 445 g/mol. The number of hydrogen-bond acceptors (Lipinski definition) is 5. The third kappa shape index (κ3) is 6.26. The van der Waals surface area contributed by atoms with Gasteiger partial charge in [-0.1, -0.05) is 81.4 Å². The summed E-state index contributed by atoms with van der Waals surface area (Å²) in [7, 11) is 0.378. The van der Waals surface area contributed by atoms with Gasteiger partial charge in [0.15, 0.2) is 6.29 Å². The predicted molar refractivity (Wildman–Crippen MR) is 126 cm³/mol. The van der Waals surface area contributed by atoms with Crippen LogP contribution in [0.2, 0.25) is 5.04 Å². The van der Waals surface area contributed by atoms with Crippen molar-refractivity contribution >= 4 is 24.7 Å². The normalized spacial score (nSPS) is 13.3. The number of esters is 1. The second-order valence-corrected chi connectivity index (χ2v) is 12.8. The van der Waals surface area contributed by atoms with Crippen molar-refractivity contribution in [1.82, 2.24) is 0 Å². The molecule has 0 bridgehead atoms. The van der Waals surface area contributed by atoms with E-state index in [9.17, 15) is 4.79 Å². The summed E-state index contributed by atoms with van der Waals surface area (Å²) in [6, 6.07) is 20.7. The fourth-order valence-electron chi connectivity index (χ4n) is 4.02. The average Bonchev–Trinajstić information content (AvgIpc) is 2.76. The van der Waals surface area contributed by atoms with E-state index >= 15 is 0 Å². The molecule has 0 N–H and O–H groups in total. The van der Waals surface area contributed by atoms with Gasteiger partial charge in [0.2, 0.25) is 0 Å². The van der Waals surface area contributed by atoms with Crippen LogP contribution in [0.5, 0.6) is 0 Å². The molecule has 0 aliphatic carbocycles. The third-order valence-corrected chi connectivity index (χ3v) is 10.5. The Morgan fingerprint density at radius 3 is 1.77 bits per heavy atom. The summed E-state index contributed by atoms with van der Waals surface area (Å²) in [5, 5.41) is 2.13. The quantitative estimate of drug-likeness (QED) is 0.299. The lowest BCUT2D eigenvalue weighted by Crippen LogP contribution is -2.68. The zero-order valence-corrected chi connectivity index (χ0v) is 20.6. The molecule has 0 spiro atoms. The smallest absolute Gasteiger partial charge is 0.308 e. The SMILES string of the molecule is CCOC(=O)CC(CC(OC)OC)O[Si](c1ccccc1)(c1ccccc1)C(C)(C)C. The predicted octanol–water partition coefficient (Wildman–Crippen LogP) is 3.89. The highest BCUT2D eigenvalue weighted by atomic mass is 28.4. The maximum atomic E-state index is 12.5. The Morgan fingerprint density at radius 1 is 0.903 bits per heavy atom. The molecule has 0 saturated carbocycles. The van der Waals surface area contributed by atoms with Gasteiger partial charge < -0.3 is 18.6 Å². The van der Waals surface area contributed by atoms with Crippen molar-refractivity contribution in [2.75, 3.05) is 20.8 Å². The minimum Gasteiger partial charge on any atom is -0.466 e. The molecular formula is C25H36O5Si. The minimum atomic E-state index is -2.81. The maximum Gasteiger partial charge on any atom is 0.308 e. The molecule has 0 heterocycles. The van der Waals surface area contributed by atoms with Crippen molar-refractivity contribution in [3.8, 4) is 0 Å². The summed E-state index contributed by atoms with van der Waals surface area (Å²) in [5.41, 5.74) is 0. The van der Waals surface area contributed by atoms with Gasteiger partial charge in [-0.15, -0.1) is 0 Å². The van der Waals surface area contributed by atoms with E-state index in [0.717, 1.165) is 10.4 Å². The first-order valence-electron chi connectivity index (χ1n) is 10.8. The molecule has 0 fully saturated rings. The highest BCUT2D eigenvalue weighted by Gasteiger charge is 2.51. The molecule has 0 aromatic heterocycles. The van der Waals surface area contributed by atoms with Gasteiger partial charge in [-0.2, -0.15) is 0 Å². The standard InChI is InChI=1S/C25H36O5Si/c1-7-29-23(26)18-20(19-24(27-5)28-6)30-31(25(2,3)4,21-14-10-8-11-15-21)22-16-12-9-13-17-22/h8-17,20,24H,7,18-19H2,1-6H3. The van der Waals surface area contributed by atoms with Gasteiger partial charge in [0.1, 0.15) is 0 Å². The molecule has 170 valence electrons. The fraction of sp³-hybridized carbons (Fsp3) is 0.480. The van der Waals surface area contributed by atoms with Crippen molar-refractivity contribution in [3.63, 3.8) is 0 Å². The Kier molecular flexibility index (Phi) is 9.44. The van der Waals surface area contributed by atoms with Crippen LogP contribution >= 0.6 is 0 Å². The lowest BCUT2D eigenvalue weighted by atomic mass is 10.2. The van der Waals surface area contributed by atoms with Crippen LogP contribution in [0.1, 0.15) is 40.5 Å². The summed E-state index contributed by atoms with van der Waals surface area (Å²) < 4.78 is 23.2.